The molecule has 0 aliphatic carbocycles. The van der Waals surface area contributed by atoms with E-state index in [2.05, 4.69) is 41.3 Å². The van der Waals surface area contributed by atoms with Gasteiger partial charge < -0.3 is 15.2 Å². The molecule has 25 heavy (non-hydrogen) atoms. The summed E-state index contributed by atoms with van der Waals surface area (Å²) in [5.41, 5.74) is 8.94. The van der Waals surface area contributed by atoms with E-state index in [4.69, 9.17) is 15.2 Å². The summed E-state index contributed by atoms with van der Waals surface area (Å²) in [7, 11) is 0. The van der Waals surface area contributed by atoms with Crippen LogP contribution in [0.1, 0.15) is 23.5 Å². The fraction of sp³-hybridized carbons (Fsp3) is 0.400. The zero-order valence-electron chi connectivity index (χ0n) is 14.3. The Labute approximate surface area is 155 Å². The van der Waals surface area contributed by atoms with Gasteiger partial charge in [-0.2, -0.15) is 0 Å². The number of hydrogen-bond acceptors (Lipinski definition) is 4. The molecule has 2 heterocycles. The fourth-order valence-electron chi connectivity index (χ4n) is 3.71. The fourth-order valence-corrected chi connectivity index (χ4v) is 3.71. The van der Waals surface area contributed by atoms with Crippen LogP contribution in [0.3, 0.4) is 0 Å². The molecule has 0 bridgehead atoms. The third kappa shape index (κ3) is 3.92. The van der Waals surface area contributed by atoms with E-state index in [1.54, 1.807) is 0 Å². The summed E-state index contributed by atoms with van der Waals surface area (Å²) in [5.74, 6) is 2.17. The van der Waals surface area contributed by atoms with Gasteiger partial charge in [-0.05, 0) is 11.6 Å². The van der Waals surface area contributed by atoms with Gasteiger partial charge in [-0.25, -0.2) is 0 Å². The van der Waals surface area contributed by atoms with Crippen LogP contribution in [0.15, 0.2) is 48.5 Å². The molecule has 0 saturated carbocycles. The molecule has 134 valence electrons. The second-order valence-electron chi connectivity index (χ2n) is 6.67. The van der Waals surface area contributed by atoms with Crippen molar-refractivity contribution in [3.63, 3.8) is 0 Å². The summed E-state index contributed by atoms with van der Waals surface area (Å²) in [6.07, 6.45) is 0.929. The summed E-state index contributed by atoms with van der Waals surface area (Å²) in [5, 5.41) is 0. The summed E-state index contributed by atoms with van der Waals surface area (Å²) in [6, 6.07) is 16.9. The van der Waals surface area contributed by atoms with Gasteiger partial charge in [-0.3, -0.25) is 4.90 Å². The second kappa shape index (κ2) is 8.09. The molecule has 1 saturated heterocycles. The first-order valence-electron chi connectivity index (χ1n) is 8.71. The molecule has 5 heteroatoms. The van der Waals surface area contributed by atoms with Gasteiger partial charge in [-0.15, -0.1) is 12.4 Å². The number of hydrogen-bond donors (Lipinski definition) is 1. The largest absolute Gasteiger partial charge is 0.490 e. The predicted octanol–water partition coefficient (Wildman–Crippen LogP) is 3.20. The number of halogens is 1. The van der Waals surface area contributed by atoms with Crippen LogP contribution < -0.4 is 15.2 Å². The quantitative estimate of drug-likeness (QED) is 0.913. The lowest BCUT2D eigenvalue weighted by Gasteiger charge is -2.19. The number of rotatable bonds is 3. The predicted molar refractivity (Wildman–Crippen MR) is 102 cm³/mol. The van der Waals surface area contributed by atoms with Crippen LogP contribution in [0, 0.1) is 0 Å². The number of benzene rings is 2. The Morgan fingerprint density at radius 2 is 1.76 bits per heavy atom. The van der Waals surface area contributed by atoms with Crippen LogP contribution >= 0.6 is 12.4 Å². The molecule has 0 amide bonds. The van der Waals surface area contributed by atoms with Crippen molar-refractivity contribution in [3.8, 4) is 11.5 Å². The number of ether oxygens (including phenoxy) is 2. The van der Waals surface area contributed by atoms with E-state index >= 15 is 0 Å². The van der Waals surface area contributed by atoms with Crippen LogP contribution in [0.25, 0.3) is 0 Å². The molecule has 0 spiro atoms. The molecule has 0 aromatic heterocycles. The van der Waals surface area contributed by atoms with Gasteiger partial charge in [0.15, 0.2) is 11.5 Å². The highest BCUT2D eigenvalue weighted by molar-refractivity contribution is 5.85. The molecule has 4 nitrogen and oxygen atoms in total. The van der Waals surface area contributed by atoms with Gasteiger partial charge in [0.25, 0.3) is 0 Å². The molecule has 0 unspecified atom stereocenters. The second-order valence-corrected chi connectivity index (χ2v) is 6.67. The van der Waals surface area contributed by atoms with Gasteiger partial charge in [0, 0.05) is 43.6 Å². The van der Waals surface area contributed by atoms with Gasteiger partial charge in [-0.1, -0.05) is 42.5 Å². The van der Waals surface area contributed by atoms with Crippen molar-refractivity contribution >= 4 is 12.4 Å². The monoisotopic (exact) mass is 360 g/mol. The van der Waals surface area contributed by atoms with Crippen molar-refractivity contribution in [3.05, 3.63) is 59.7 Å². The van der Waals surface area contributed by atoms with Crippen LogP contribution in [0.2, 0.25) is 0 Å². The highest BCUT2D eigenvalue weighted by atomic mass is 35.5. The van der Waals surface area contributed by atoms with Crippen molar-refractivity contribution < 1.29 is 9.47 Å². The lowest BCUT2D eigenvalue weighted by Crippen LogP contribution is -2.28. The third-order valence-corrected chi connectivity index (χ3v) is 4.92. The van der Waals surface area contributed by atoms with Crippen LogP contribution in [-0.4, -0.2) is 37.2 Å². The third-order valence-electron chi connectivity index (χ3n) is 4.92. The van der Waals surface area contributed by atoms with Crippen molar-refractivity contribution in [2.75, 3.05) is 26.3 Å². The smallest absolute Gasteiger partial charge is 0.165 e. The first kappa shape index (κ1) is 18.1. The maximum atomic E-state index is 6.42. The van der Waals surface area contributed by atoms with Crippen molar-refractivity contribution in [2.24, 2.45) is 5.73 Å². The molecule has 4 rings (SSSR count). The molecule has 2 atom stereocenters. The zero-order valence-corrected chi connectivity index (χ0v) is 15.1. The van der Waals surface area contributed by atoms with E-state index in [-0.39, 0.29) is 18.4 Å². The Balaban J connectivity index is 0.00000182. The van der Waals surface area contributed by atoms with E-state index in [9.17, 15) is 0 Å². The lowest BCUT2D eigenvalue weighted by atomic mass is 9.95. The van der Waals surface area contributed by atoms with E-state index < -0.39 is 0 Å². The Kier molecular flexibility index (Phi) is 5.84. The zero-order chi connectivity index (χ0) is 16.4. The SMILES string of the molecule is Cl.N[C@@H]1CN(Cc2cccc3c2OCCCO3)C[C@H]1c1ccccc1. The molecule has 0 radical (unpaired) electrons. The first-order chi connectivity index (χ1) is 11.8. The summed E-state index contributed by atoms with van der Waals surface area (Å²) in [6.45, 7) is 4.18. The topological polar surface area (TPSA) is 47.7 Å². The van der Waals surface area contributed by atoms with Gasteiger partial charge in [0.2, 0.25) is 0 Å². The maximum absolute atomic E-state index is 6.42. The average Bonchev–Trinajstić information content (AvgIpc) is 2.82. The molecule has 2 aromatic carbocycles. The molecule has 1 fully saturated rings. The van der Waals surface area contributed by atoms with Crippen molar-refractivity contribution in [1.82, 2.24) is 4.90 Å². The Morgan fingerprint density at radius 1 is 0.960 bits per heavy atom. The highest BCUT2D eigenvalue weighted by Gasteiger charge is 2.31. The minimum atomic E-state index is 0. The summed E-state index contributed by atoms with van der Waals surface area (Å²) in [4.78, 5) is 2.42. The minimum absolute atomic E-state index is 0. The number of nitrogens with two attached hydrogens (primary N) is 1. The Hall–Kier alpha value is -1.75. The molecule has 2 aliphatic rings. The molecule has 2 aliphatic heterocycles. The summed E-state index contributed by atoms with van der Waals surface area (Å²) >= 11 is 0. The van der Waals surface area contributed by atoms with Crippen LogP contribution in [0.5, 0.6) is 11.5 Å². The van der Waals surface area contributed by atoms with Crippen molar-refractivity contribution in [2.45, 2.75) is 24.9 Å². The van der Waals surface area contributed by atoms with Crippen molar-refractivity contribution in [1.29, 1.82) is 0 Å². The average molecular weight is 361 g/mol. The van der Waals surface area contributed by atoms with E-state index in [0.717, 1.165) is 50.8 Å². The van der Waals surface area contributed by atoms with Gasteiger partial charge >= 0.3 is 0 Å². The first-order valence-corrected chi connectivity index (χ1v) is 8.71. The number of para-hydroxylation sites is 1. The normalized spacial score (nSPS) is 22.9. The van der Waals surface area contributed by atoms with E-state index in [1.807, 2.05) is 12.1 Å². The number of fused-ring (bicyclic) bond motifs is 1. The summed E-state index contributed by atoms with van der Waals surface area (Å²) < 4.78 is 11.7. The van der Waals surface area contributed by atoms with Crippen LogP contribution in [0.4, 0.5) is 0 Å². The molecule has 2 aromatic rings. The molecular formula is C20H25ClN2O2. The Bertz CT molecular complexity index is 695. The highest BCUT2D eigenvalue weighted by Crippen LogP contribution is 2.35. The Morgan fingerprint density at radius 3 is 2.60 bits per heavy atom. The van der Waals surface area contributed by atoms with Crippen LogP contribution in [-0.2, 0) is 6.54 Å². The van der Waals surface area contributed by atoms with Gasteiger partial charge in [0.05, 0.1) is 13.2 Å². The van der Waals surface area contributed by atoms with Gasteiger partial charge in [0.1, 0.15) is 0 Å². The number of nitrogens with zero attached hydrogens (tertiary/aromatic N) is 1. The lowest BCUT2D eigenvalue weighted by molar-refractivity contribution is 0.288. The van der Waals surface area contributed by atoms with E-state index in [1.165, 1.54) is 11.1 Å². The van der Waals surface area contributed by atoms with E-state index in [0.29, 0.717) is 5.92 Å². The molecule has 2 N–H and O–H groups in total. The standard InChI is InChI=1S/C20H24N2O2.ClH/c21-18-14-22(13-17(18)15-6-2-1-3-7-15)12-16-8-4-9-19-20(16)24-11-5-10-23-19;/h1-4,6-9,17-18H,5,10-14,21H2;1H/t17-,18+;/m0./s1. The molecular weight excluding hydrogens is 336 g/mol. The number of likely N-dealkylation sites (tertiary alicyclic amines) is 1. The maximum Gasteiger partial charge on any atom is 0.165 e. The minimum Gasteiger partial charge on any atom is -0.490 e.